The number of carboxylic acids is 1. The molecule has 1 aliphatic rings. The number of aromatic nitrogens is 2. The molecule has 0 saturated heterocycles. The number of anilines is 1. The van der Waals surface area contributed by atoms with Crippen LogP contribution in [0.15, 0.2) is 24.3 Å². The Labute approximate surface area is 146 Å². The Hall–Kier alpha value is -2.91. The molecule has 7 nitrogen and oxygen atoms in total. The normalized spacial score (nSPS) is 19.4. The third-order valence-corrected chi connectivity index (χ3v) is 4.21. The molecule has 0 fully saturated rings. The number of alkyl halides is 3. The van der Waals surface area contributed by atoms with Crippen molar-refractivity contribution < 1.29 is 32.5 Å². The van der Waals surface area contributed by atoms with Gasteiger partial charge in [-0.3, -0.25) is 0 Å². The largest absolute Gasteiger partial charge is 0.543 e. The molecular weight excluding hydrogens is 355 g/mol. The monoisotopic (exact) mass is 370 g/mol. The summed E-state index contributed by atoms with van der Waals surface area (Å²) in [6.45, 7) is 0. The van der Waals surface area contributed by atoms with Crippen molar-refractivity contribution in [2.45, 2.75) is 24.7 Å². The highest BCUT2D eigenvalue weighted by Crippen LogP contribution is 2.44. The van der Waals surface area contributed by atoms with Crippen molar-refractivity contribution in [3.05, 3.63) is 35.5 Å². The Balaban J connectivity index is 2.02. The lowest BCUT2D eigenvalue weighted by atomic mass is 9.96. The fourth-order valence-electron chi connectivity index (χ4n) is 2.96. The zero-order valence-corrected chi connectivity index (χ0v) is 13.8. The van der Waals surface area contributed by atoms with Crippen LogP contribution < -0.4 is 19.9 Å². The van der Waals surface area contributed by atoms with Crippen LogP contribution in [0, 0.1) is 0 Å². The zero-order chi connectivity index (χ0) is 19.1. The molecule has 26 heavy (non-hydrogen) atoms. The van der Waals surface area contributed by atoms with Crippen molar-refractivity contribution in [3.8, 4) is 11.5 Å². The number of carbonyl (C=O) groups excluding carboxylic acids is 1. The number of aromatic carboxylic acids is 1. The van der Waals surface area contributed by atoms with E-state index < -0.39 is 29.9 Å². The van der Waals surface area contributed by atoms with Gasteiger partial charge in [0.15, 0.2) is 17.5 Å². The van der Waals surface area contributed by atoms with Crippen LogP contribution in [-0.2, 0) is 0 Å². The van der Waals surface area contributed by atoms with E-state index >= 15 is 0 Å². The lowest BCUT2D eigenvalue weighted by Gasteiger charge is -2.33. The Morgan fingerprint density at radius 3 is 2.54 bits per heavy atom. The molecule has 0 radical (unpaired) electrons. The second-order valence-corrected chi connectivity index (χ2v) is 5.75. The van der Waals surface area contributed by atoms with Gasteiger partial charge in [-0.25, -0.2) is 4.68 Å². The first-order valence-corrected chi connectivity index (χ1v) is 7.60. The van der Waals surface area contributed by atoms with Crippen LogP contribution in [0.1, 0.15) is 34.6 Å². The molecule has 0 spiro atoms. The minimum Gasteiger partial charge on any atom is -0.543 e. The summed E-state index contributed by atoms with van der Waals surface area (Å²) in [5, 5.41) is 17.4. The standard InChI is InChI=1S/C16H16F3N3O4/c1-25-11-4-3-8(5-12(11)26-2)9-6-13(16(17,18)19)22-14(20-9)7-10(21-22)15(23)24/h3-5,7,9,13,20H,6H2,1-2H3,(H,23,24)/p-1/t9-,13+/m1/s1. The van der Waals surface area contributed by atoms with E-state index in [1.807, 2.05) is 0 Å². The summed E-state index contributed by atoms with van der Waals surface area (Å²) in [6.07, 6.45) is -4.96. The molecule has 140 valence electrons. The minimum atomic E-state index is -4.60. The number of methoxy groups -OCH3 is 2. The van der Waals surface area contributed by atoms with Gasteiger partial charge in [-0.05, 0) is 17.7 Å². The van der Waals surface area contributed by atoms with Crippen LogP contribution in [0.4, 0.5) is 19.0 Å². The quantitative estimate of drug-likeness (QED) is 0.885. The molecule has 2 atom stereocenters. The van der Waals surface area contributed by atoms with Gasteiger partial charge in [0.05, 0.1) is 26.2 Å². The van der Waals surface area contributed by atoms with Gasteiger partial charge in [0.1, 0.15) is 11.5 Å². The van der Waals surface area contributed by atoms with Gasteiger partial charge in [-0.2, -0.15) is 18.3 Å². The van der Waals surface area contributed by atoms with Gasteiger partial charge in [0, 0.05) is 12.5 Å². The van der Waals surface area contributed by atoms with Crippen molar-refractivity contribution in [1.82, 2.24) is 9.78 Å². The topological polar surface area (TPSA) is 88.4 Å². The fraction of sp³-hybridized carbons (Fsp3) is 0.375. The number of carboxylic acid groups (broad SMARTS) is 1. The van der Waals surface area contributed by atoms with Crippen molar-refractivity contribution >= 4 is 11.8 Å². The molecule has 0 bridgehead atoms. The van der Waals surface area contributed by atoms with E-state index in [9.17, 15) is 23.1 Å². The van der Waals surface area contributed by atoms with Crippen LogP contribution in [0.2, 0.25) is 0 Å². The lowest BCUT2D eigenvalue weighted by Crippen LogP contribution is -2.35. The second kappa shape index (κ2) is 6.43. The number of nitrogens with one attached hydrogen (secondary N) is 1. The maximum Gasteiger partial charge on any atom is 0.410 e. The lowest BCUT2D eigenvalue weighted by molar-refractivity contribution is -0.255. The minimum absolute atomic E-state index is 0.0439. The maximum atomic E-state index is 13.5. The van der Waals surface area contributed by atoms with Crippen LogP contribution in [0.5, 0.6) is 11.5 Å². The average Bonchev–Trinajstić information content (AvgIpc) is 3.03. The molecule has 0 amide bonds. The summed E-state index contributed by atoms with van der Waals surface area (Å²) in [7, 11) is 2.88. The smallest absolute Gasteiger partial charge is 0.410 e. The SMILES string of the molecule is COc1ccc([C@H]2C[C@@H](C(F)(F)F)n3nc(C(=O)[O-])cc3N2)cc1OC. The number of nitrogens with zero attached hydrogens (tertiary/aromatic N) is 2. The van der Waals surface area contributed by atoms with Crippen molar-refractivity contribution in [2.24, 2.45) is 0 Å². The fourth-order valence-corrected chi connectivity index (χ4v) is 2.96. The second-order valence-electron chi connectivity index (χ2n) is 5.75. The Kier molecular flexibility index (Phi) is 4.43. The van der Waals surface area contributed by atoms with Crippen LogP contribution in [-0.4, -0.2) is 36.1 Å². The molecule has 1 aliphatic heterocycles. The van der Waals surface area contributed by atoms with Crippen molar-refractivity contribution in [3.63, 3.8) is 0 Å². The molecular formula is C16H15F3N3O4-. The molecule has 0 saturated carbocycles. The Bertz CT molecular complexity index is 835. The van der Waals surface area contributed by atoms with Crippen LogP contribution >= 0.6 is 0 Å². The molecule has 1 aromatic heterocycles. The molecule has 3 rings (SSSR count). The summed E-state index contributed by atoms with van der Waals surface area (Å²) in [5.74, 6) is -0.858. The number of hydrogen-bond donors (Lipinski definition) is 1. The zero-order valence-electron chi connectivity index (χ0n) is 13.8. The summed E-state index contributed by atoms with van der Waals surface area (Å²) in [5.41, 5.74) is -0.0194. The summed E-state index contributed by atoms with van der Waals surface area (Å²) >= 11 is 0. The summed E-state index contributed by atoms with van der Waals surface area (Å²) < 4.78 is 51.4. The predicted octanol–water partition coefficient (Wildman–Crippen LogP) is 1.92. The number of benzene rings is 1. The highest BCUT2D eigenvalue weighted by molar-refractivity contribution is 5.84. The molecule has 10 heteroatoms. The molecule has 2 aromatic rings. The summed E-state index contributed by atoms with van der Waals surface area (Å²) in [4.78, 5) is 11.0. The number of hydrogen-bond acceptors (Lipinski definition) is 6. The van der Waals surface area contributed by atoms with E-state index in [4.69, 9.17) is 9.47 Å². The first-order chi connectivity index (χ1) is 12.2. The molecule has 0 aliphatic carbocycles. The van der Waals surface area contributed by atoms with Crippen molar-refractivity contribution in [2.75, 3.05) is 19.5 Å². The van der Waals surface area contributed by atoms with Gasteiger partial charge in [-0.15, -0.1) is 0 Å². The van der Waals surface area contributed by atoms with E-state index in [1.165, 1.54) is 14.2 Å². The van der Waals surface area contributed by atoms with Gasteiger partial charge in [0.25, 0.3) is 0 Å². The molecule has 0 unspecified atom stereocenters. The Morgan fingerprint density at radius 1 is 1.27 bits per heavy atom. The van der Waals surface area contributed by atoms with E-state index in [1.54, 1.807) is 18.2 Å². The van der Waals surface area contributed by atoms with Crippen LogP contribution in [0.25, 0.3) is 0 Å². The van der Waals surface area contributed by atoms with E-state index in [0.29, 0.717) is 21.7 Å². The molecule has 1 N–H and O–H groups in total. The number of ether oxygens (including phenoxy) is 2. The van der Waals surface area contributed by atoms with E-state index in [-0.39, 0.29) is 12.2 Å². The van der Waals surface area contributed by atoms with E-state index in [2.05, 4.69) is 10.4 Å². The average molecular weight is 370 g/mol. The number of halogens is 3. The molecule has 1 aromatic carbocycles. The maximum absolute atomic E-state index is 13.5. The van der Waals surface area contributed by atoms with Crippen molar-refractivity contribution in [1.29, 1.82) is 0 Å². The van der Waals surface area contributed by atoms with E-state index in [0.717, 1.165) is 6.07 Å². The van der Waals surface area contributed by atoms with Gasteiger partial charge >= 0.3 is 6.18 Å². The number of fused-ring (bicyclic) bond motifs is 1. The summed E-state index contributed by atoms with van der Waals surface area (Å²) in [6, 6.07) is 3.14. The first-order valence-electron chi connectivity index (χ1n) is 7.60. The van der Waals surface area contributed by atoms with Gasteiger partial charge in [0.2, 0.25) is 0 Å². The third-order valence-electron chi connectivity index (χ3n) is 4.21. The highest BCUT2D eigenvalue weighted by atomic mass is 19.4. The first kappa shape index (κ1) is 17.9. The number of rotatable bonds is 4. The number of carbonyl (C=O) groups is 1. The third kappa shape index (κ3) is 3.14. The van der Waals surface area contributed by atoms with Gasteiger partial charge in [-0.1, -0.05) is 6.07 Å². The predicted molar refractivity (Wildman–Crippen MR) is 82.2 cm³/mol. The van der Waals surface area contributed by atoms with Crippen LogP contribution in [0.3, 0.4) is 0 Å². The van der Waals surface area contributed by atoms with Gasteiger partial charge < -0.3 is 24.7 Å². The Morgan fingerprint density at radius 2 is 1.96 bits per heavy atom. The highest BCUT2D eigenvalue weighted by Gasteiger charge is 2.46. The molecule has 2 heterocycles.